The quantitative estimate of drug-likeness (QED) is 0.0956. The smallest absolute Gasteiger partial charge is 0.410 e. The summed E-state index contributed by atoms with van der Waals surface area (Å²) in [5.74, 6) is -2.10. The van der Waals surface area contributed by atoms with E-state index in [0.29, 0.717) is 11.3 Å². The van der Waals surface area contributed by atoms with E-state index in [9.17, 15) is 27.9 Å². The Morgan fingerprint density at radius 1 is 1.27 bits per heavy atom. The van der Waals surface area contributed by atoms with Gasteiger partial charge in [-0.2, -0.15) is 0 Å². The lowest BCUT2D eigenvalue weighted by atomic mass is 9.79. The number of hydrogen-bond acceptors (Lipinski definition) is 11. The highest BCUT2D eigenvalue weighted by Crippen LogP contribution is 2.52. The van der Waals surface area contributed by atoms with Gasteiger partial charge in [-0.1, -0.05) is 37.4 Å². The van der Waals surface area contributed by atoms with E-state index in [2.05, 4.69) is 23.0 Å². The molecule has 2 fully saturated rings. The minimum absolute atomic E-state index is 0.0277. The minimum atomic E-state index is -3.56. The molecular weight excluding hydrogens is 576 g/mol. The van der Waals surface area contributed by atoms with Gasteiger partial charge in [0.2, 0.25) is 15.9 Å². The molecule has 0 spiro atoms. The molecule has 0 radical (unpaired) electrons. The fourth-order valence-electron chi connectivity index (χ4n) is 5.28. The summed E-state index contributed by atoms with van der Waals surface area (Å²) < 4.78 is 37.3. The van der Waals surface area contributed by atoms with Crippen molar-refractivity contribution in [2.24, 2.45) is 17.0 Å². The normalized spacial score (nSPS) is 26.8. The predicted molar refractivity (Wildman–Crippen MR) is 153 cm³/mol. The fourth-order valence-corrected chi connectivity index (χ4v) is 7.37. The number of esters is 1. The third kappa shape index (κ3) is 6.96. The van der Waals surface area contributed by atoms with Crippen LogP contribution in [0.2, 0.25) is 0 Å². The highest BCUT2D eigenvalue weighted by molar-refractivity contribution is 8.03. The molecule has 3 heterocycles. The maximum Gasteiger partial charge on any atom is 0.410 e. The Labute approximate surface area is 244 Å². The first-order chi connectivity index (χ1) is 19.4. The van der Waals surface area contributed by atoms with Crippen molar-refractivity contribution >= 4 is 45.5 Å². The van der Waals surface area contributed by atoms with Crippen LogP contribution in [0.4, 0.5) is 4.79 Å². The van der Waals surface area contributed by atoms with Crippen LogP contribution in [0.3, 0.4) is 0 Å². The summed E-state index contributed by atoms with van der Waals surface area (Å²) in [4.78, 5) is 47.5. The van der Waals surface area contributed by atoms with Gasteiger partial charge in [-0.15, -0.1) is 11.8 Å². The second-order valence-electron chi connectivity index (χ2n) is 9.85. The van der Waals surface area contributed by atoms with Crippen LogP contribution in [-0.2, 0) is 33.9 Å². The number of ether oxygens (including phenoxy) is 2. The molecule has 3 aliphatic rings. The molecule has 0 aliphatic carbocycles. The molecule has 3 rings (SSSR count). The number of hydrogen-bond donors (Lipinski definition) is 2. The van der Waals surface area contributed by atoms with Crippen molar-refractivity contribution in [2.75, 3.05) is 39.2 Å². The average molecular weight is 615 g/mol. The van der Waals surface area contributed by atoms with Crippen LogP contribution in [0.25, 0.3) is 0 Å². The SMILES string of the molecule is C=CCOC(=O)C1=C(S[C@H]2C[C@@H](/C(CNS(=O)(=O)CC)=N/OC)N(C(=O)OCC=C)C2)[C@H](C)[C@@H]2[C@@H]([C@@H](C)O)C(=O)N12. The zero-order valence-electron chi connectivity index (χ0n) is 23.6. The molecule has 13 nitrogen and oxygen atoms in total. The molecule has 0 aromatic heterocycles. The Balaban J connectivity index is 1.94. The fraction of sp³-hybridized carbons (Fsp3) is 0.615. The first kappa shape index (κ1) is 32.6. The monoisotopic (exact) mass is 614 g/mol. The number of aliphatic hydroxyl groups excluding tert-OH is 1. The van der Waals surface area contributed by atoms with Crippen LogP contribution in [-0.4, -0.2) is 110 Å². The van der Waals surface area contributed by atoms with E-state index in [-0.39, 0.29) is 60.5 Å². The second-order valence-corrected chi connectivity index (χ2v) is 13.3. The maximum absolute atomic E-state index is 13.1. The van der Waals surface area contributed by atoms with Gasteiger partial charge in [-0.3, -0.25) is 9.69 Å². The van der Waals surface area contributed by atoms with E-state index in [4.69, 9.17) is 14.3 Å². The molecule has 0 aromatic rings. The van der Waals surface area contributed by atoms with E-state index in [1.165, 1.54) is 47.7 Å². The summed E-state index contributed by atoms with van der Waals surface area (Å²) in [6, 6.07) is -1.09. The van der Waals surface area contributed by atoms with Gasteiger partial charge in [0.05, 0.1) is 42.1 Å². The summed E-state index contributed by atoms with van der Waals surface area (Å²) in [5.41, 5.74) is 0.400. The number of likely N-dealkylation sites (tertiary alicyclic amines) is 1. The lowest BCUT2D eigenvalue weighted by molar-refractivity contribution is -0.164. The third-order valence-corrected chi connectivity index (χ3v) is 10.0. The number of fused-ring (bicyclic) bond motifs is 1. The number of carbonyl (C=O) groups is 3. The zero-order valence-corrected chi connectivity index (χ0v) is 25.3. The lowest BCUT2D eigenvalue weighted by Gasteiger charge is -2.46. The number of β-lactam (4-membered cyclic amide) rings is 1. The maximum atomic E-state index is 13.1. The number of nitrogens with zero attached hydrogens (tertiary/aromatic N) is 3. The number of amides is 2. The van der Waals surface area contributed by atoms with Gasteiger partial charge in [0.25, 0.3) is 0 Å². The van der Waals surface area contributed by atoms with Crippen molar-refractivity contribution in [1.82, 2.24) is 14.5 Å². The molecule has 3 aliphatic heterocycles. The van der Waals surface area contributed by atoms with E-state index < -0.39 is 46.2 Å². The topological polar surface area (TPSA) is 164 Å². The van der Waals surface area contributed by atoms with E-state index in [1.807, 2.05) is 6.92 Å². The van der Waals surface area contributed by atoms with Crippen molar-refractivity contribution in [1.29, 1.82) is 0 Å². The molecule has 228 valence electrons. The summed E-state index contributed by atoms with van der Waals surface area (Å²) in [5, 5.41) is 14.0. The summed E-state index contributed by atoms with van der Waals surface area (Å²) in [6.45, 7) is 12.0. The molecule has 0 aromatic carbocycles. The number of sulfonamides is 1. The van der Waals surface area contributed by atoms with E-state index >= 15 is 0 Å². The van der Waals surface area contributed by atoms with Crippen LogP contribution in [0.15, 0.2) is 41.1 Å². The Hall–Kier alpha value is -2.88. The molecule has 2 saturated heterocycles. The summed E-state index contributed by atoms with van der Waals surface area (Å²) in [6.07, 6.45) is 1.64. The Morgan fingerprint density at radius 2 is 1.93 bits per heavy atom. The van der Waals surface area contributed by atoms with Crippen molar-refractivity contribution in [3.8, 4) is 0 Å². The molecule has 2 N–H and O–H groups in total. The molecule has 2 amide bonds. The van der Waals surface area contributed by atoms with Gasteiger partial charge in [0, 0.05) is 22.6 Å². The molecule has 41 heavy (non-hydrogen) atoms. The number of rotatable bonds is 14. The lowest BCUT2D eigenvalue weighted by Crippen LogP contribution is -2.63. The number of oxime groups is 1. The minimum Gasteiger partial charge on any atom is -0.457 e. The van der Waals surface area contributed by atoms with Gasteiger partial charge >= 0.3 is 12.1 Å². The van der Waals surface area contributed by atoms with Crippen LogP contribution < -0.4 is 4.72 Å². The number of carbonyl (C=O) groups excluding carboxylic acids is 3. The zero-order chi connectivity index (χ0) is 30.5. The van der Waals surface area contributed by atoms with Gasteiger partial charge in [0.15, 0.2) is 0 Å². The van der Waals surface area contributed by atoms with Crippen molar-refractivity contribution < 1.29 is 42.2 Å². The van der Waals surface area contributed by atoms with E-state index in [1.54, 1.807) is 6.92 Å². The summed E-state index contributed by atoms with van der Waals surface area (Å²) >= 11 is 1.34. The second kappa shape index (κ2) is 13.9. The molecule has 0 saturated carbocycles. The van der Waals surface area contributed by atoms with E-state index in [0.717, 1.165) is 0 Å². The number of aliphatic hydroxyl groups is 1. The van der Waals surface area contributed by atoms with Crippen LogP contribution in [0, 0.1) is 11.8 Å². The highest BCUT2D eigenvalue weighted by atomic mass is 32.2. The number of nitrogens with one attached hydrogen (secondary N) is 1. The highest BCUT2D eigenvalue weighted by Gasteiger charge is 2.60. The Bertz CT molecular complexity index is 1220. The first-order valence-electron chi connectivity index (χ1n) is 13.2. The van der Waals surface area contributed by atoms with Gasteiger partial charge in [-0.25, -0.2) is 22.7 Å². The Morgan fingerprint density at radius 3 is 2.51 bits per heavy atom. The van der Waals surface area contributed by atoms with Gasteiger partial charge < -0.3 is 24.3 Å². The van der Waals surface area contributed by atoms with Crippen molar-refractivity contribution in [3.05, 3.63) is 35.9 Å². The number of thioether (sulfide) groups is 1. The van der Waals surface area contributed by atoms with Crippen molar-refractivity contribution in [3.63, 3.8) is 0 Å². The molecule has 0 unspecified atom stereocenters. The molecular formula is C26H38N4O9S2. The van der Waals surface area contributed by atoms with Crippen LogP contribution in [0.1, 0.15) is 27.2 Å². The van der Waals surface area contributed by atoms with Gasteiger partial charge in [0.1, 0.15) is 26.0 Å². The standard InChI is InChI=1S/C26H38N4O9S2/c1-7-10-38-25(33)22-23(15(4)21-20(16(5)31)24(32)30(21)22)40-17-12-19(29(14-17)26(34)39-11-8-2)18(28-37-6)13-27-41(35,36)9-3/h7-8,15-17,19-21,27,31H,1-2,9-14H2,3-6H3/b28-18+/t15-,16-,17+,19+,20-,21-/m1/s1. The van der Waals surface area contributed by atoms with Crippen molar-refractivity contribution in [2.45, 2.75) is 50.6 Å². The third-order valence-electron chi connectivity index (χ3n) is 7.20. The first-order valence-corrected chi connectivity index (χ1v) is 15.8. The Kier molecular flexibility index (Phi) is 11.0. The molecule has 6 atom stereocenters. The van der Waals surface area contributed by atoms with Crippen LogP contribution in [0.5, 0.6) is 0 Å². The largest absolute Gasteiger partial charge is 0.457 e. The predicted octanol–water partition coefficient (Wildman–Crippen LogP) is 1.23. The van der Waals surface area contributed by atoms with Crippen LogP contribution >= 0.6 is 11.8 Å². The van der Waals surface area contributed by atoms with Gasteiger partial charge in [-0.05, 0) is 20.3 Å². The molecule has 15 heteroatoms. The average Bonchev–Trinajstić information content (AvgIpc) is 3.45. The summed E-state index contributed by atoms with van der Waals surface area (Å²) in [7, 11) is -2.24. The molecule has 0 bridgehead atoms.